The first-order chi connectivity index (χ1) is 11.1. The molecule has 0 amide bonds. The zero-order chi connectivity index (χ0) is 16.7. The topological polar surface area (TPSA) is 59.0 Å². The molecule has 1 fully saturated rings. The summed E-state index contributed by atoms with van der Waals surface area (Å²) in [6.45, 7) is 9.04. The van der Waals surface area contributed by atoms with Gasteiger partial charge in [-0.05, 0) is 20.3 Å². The lowest BCUT2D eigenvalue weighted by Crippen LogP contribution is -2.39. The van der Waals surface area contributed by atoms with Crippen molar-refractivity contribution in [2.24, 2.45) is 10.9 Å². The van der Waals surface area contributed by atoms with Crippen molar-refractivity contribution in [1.82, 2.24) is 15.2 Å². The molecule has 0 bridgehead atoms. The van der Waals surface area contributed by atoms with Crippen LogP contribution in [0.1, 0.15) is 22.0 Å². The Hall–Kier alpha value is -1.18. The Kier molecular flexibility index (Phi) is 7.26. The summed E-state index contributed by atoms with van der Waals surface area (Å²) in [5.74, 6) is 1.53. The second-order valence-electron chi connectivity index (χ2n) is 5.81. The molecule has 1 N–H and O–H groups in total. The van der Waals surface area contributed by atoms with Crippen LogP contribution in [-0.2, 0) is 16.0 Å². The molecule has 6 nitrogen and oxygen atoms in total. The number of thiazole rings is 1. The van der Waals surface area contributed by atoms with Gasteiger partial charge in [0.1, 0.15) is 0 Å². The van der Waals surface area contributed by atoms with Gasteiger partial charge >= 0.3 is 0 Å². The first-order valence-electron chi connectivity index (χ1n) is 8.09. The van der Waals surface area contributed by atoms with Gasteiger partial charge < -0.3 is 19.7 Å². The van der Waals surface area contributed by atoms with Gasteiger partial charge in [0.25, 0.3) is 0 Å². The molecule has 1 aliphatic heterocycles. The van der Waals surface area contributed by atoms with E-state index in [-0.39, 0.29) is 0 Å². The van der Waals surface area contributed by atoms with Crippen LogP contribution in [0.15, 0.2) is 4.99 Å². The third-order valence-electron chi connectivity index (χ3n) is 3.99. The fraction of sp³-hybridized carbons (Fsp3) is 0.750. The van der Waals surface area contributed by atoms with Crippen molar-refractivity contribution in [3.8, 4) is 0 Å². The smallest absolute Gasteiger partial charge is 0.193 e. The van der Waals surface area contributed by atoms with E-state index in [1.54, 1.807) is 18.4 Å². The molecule has 1 aromatic rings. The number of nitrogens with zero attached hydrogens (tertiary/aromatic N) is 3. The summed E-state index contributed by atoms with van der Waals surface area (Å²) < 4.78 is 10.6. The minimum Gasteiger partial charge on any atom is -0.382 e. The molecule has 130 valence electrons. The fourth-order valence-corrected chi connectivity index (χ4v) is 3.66. The first kappa shape index (κ1) is 18.2. The lowest BCUT2D eigenvalue weighted by Gasteiger charge is -2.21. The van der Waals surface area contributed by atoms with Gasteiger partial charge in [0, 0.05) is 38.0 Å². The van der Waals surface area contributed by atoms with Gasteiger partial charge in [0.05, 0.1) is 37.1 Å². The molecule has 1 aliphatic rings. The average molecular weight is 340 g/mol. The number of hydrogen-bond donors (Lipinski definition) is 1. The Balaban J connectivity index is 1.77. The van der Waals surface area contributed by atoms with Crippen molar-refractivity contribution >= 4 is 17.3 Å². The van der Waals surface area contributed by atoms with E-state index in [0.29, 0.717) is 19.1 Å². The number of ether oxygens (including phenoxy) is 2. The number of aryl methyl sites for hydroxylation is 2. The van der Waals surface area contributed by atoms with E-state index in [0.717, 1.165) is 49.3 Å². The molecule has 1 aromatic heterocycles. The first-order valence-corrected chi connectivity index (χ1v) is 8.90. The molecular formula is C16H28N4O2S. The van der Waals surface area contributed by atoms with Crippen LogP contribution in [0, 0.1) is 19.8 Å². The largest absolute Gasteiger partial charge is 0.382 e. The highest BCUT2D eigenvalue weighted by molar-refractivity contribution is 7.11. The Morgan fingerprint density at radius 3 is 2.91 bits per heavy atom. The molecule has 0 radical (unpaired) electrons. The van der Waals surface area contributed by atoms with Crippen LogP contribution in [0.4, 0.5) is 0 Å². The number of aliphatic imine (C=N–C) groups is 1. The molecule has 1 saturated heterocycles. The van der Waals surface area contributed by atoms with Crippen LogP contribution in [-0.4, -0.2) is 62.9 Å². The van der Waals surface area contributed by atoms with E-state index in [4.69, 9.17) is 9.47 Å². The van der Waals surface area contributed by atoms with Crippen molar-refractivity contribution in [2.75, 3.05) is 47.1 Å². The summed E-state index contributed by atoms with van der Waals surface area (Å²) in [7, 11) is 3.54. The number of guanidine groups is 1. The van der Waals surface area contributed by atoms with Gasteiger partial charge in [-0.25, -0.2) is 4.98 Å². The van der Waals surface area contributed by atoms with Gasteiger partial charge in [-0.15, -0.1) is 11.3 Å². The van der Waals surface area contributed by atoms with Crippen molar-refractivity contribution in [2.45, 2.75) is 26.8 Å². The summed E-state index contributed by atoms with van der Waals surface area (Å²) in [6, 6.07) is 0. The molecule has 1 atom stereocenters. The molecule has 2 heterocycles. The zero-order valence-electron chi connectivity index (χ0n) is 14.6. The van der Waals surface area contributed by atoms with Gasteiger partial charge in [0.15, 0.2) is 5.96 Å². The maximum atomic E-state index is 5.65. The Bertz CT molecular complexity index is 518. The molecule has 0 aliphatic carbocycles. The molecule has 23 heavy (non-hydrogen) atoms. The summed E-state index contributed by atoms with van der Waals surface area (Å²) in [5.41, 5.74) is 1.11. The third kappa shape index (κ3) is 5.44. The summed E-state index contributed by atoms with van der Waals surface area (Å²) >= 11 is 1.75. The molecule has 7 heteroatoms. The Morgan fingerprint density at radius 2 is 2.26 bits per heavy atom. The summed E-state index contributed by atoms with van der Waals surface area (Å²) in [5, 5.41) is 4.58. The zero-order valence-corrected chi connectivity index (χ0v) is 15.4. The number of rotatable bonds is 7. The van der Waals surface area contributed by atoms with Gasteiger partial charge in [0.2, 0.25) is 0 Å². The quantitative estimate of drug-likeness (QED) is 0.466. The number of methoxy groups -OCH3 is 1. The Labute approximate surface area is 142 Å². The second kappa shape index (κ2) is 9.20. The monoisotopic (exact) mass is 340 g/mol. The standard InChI is InChI=1S/C16H28N4O2S/c1-12-15(23-13(2)19-12)9-18-16(17-3)20-6-5-14(10-20)11-22-8-7-21-4/h14H,5-11H2,1-4H3,(H,17,18). The van der Waals surface area contributed by atoms with E-state index >= 15 is 0 Å². The number of hydrogen-bond acceptors (Lipinski definition) is 5. The van der Waals surface area contributed by atoms with Gasteiger partial charge in [-0.1, -0.05) is 0 Å². The Morgan fingerprint density at radius 1 is 1.43 bits per heavy atom. The fourth-order valence-electron chi connectivity index (χ4n) is 2.78. The summed E-state index contributed by atoms with van der Waals surface area (Å²) in [6.07, 6.45) is 1.15. The van der Waals surface area contributed by atoms with E-state index in [2.05, 4.69) is 27.1 Å². The van der Waals surface area contributed by atoms with Gasteiger partial charge in [-0.2, -0.15) is 0 Å². The van der Waals surface area contributed by atoms with Crippen molar-refractivity contribution in [1.29, 1.82) is 0 Å². The molecule has 1 unspecified atom stereocenters. The van der Waals surface area contributed by atoms with Crippen LogP contribution in [0.5, 0.6) is 0 Å². The van der Waals surface area contributed by atoms with Gasteiger partial charge in [-0.3, -0.25) is 4.99 Å². The minimum atomic E-state index is 0.567. The predicted molar refractivity (Wildman–Crippen MR) is 94.2 cm³/mol. The molecule has 0 spiro atoms. The highest BCUT2D eigenvalue weighted by atomic mass is 32.1. The van der Waals surface area contributed by atoms with E-state index in [1.165, 1.54) is 4.88 Å². The maximum absolute atomic E-state index is 5.65. The van der Waals surface area contributed by atoms with Crippen LogP contribution in [0.3, 0.4) is 0 Å². The second-order valence-corrected chi connectivity index (χ2v) is 7.10. The molecule has 0 aromatic carbocycles. The lowest BCUT2D eigenvalue weighted by atomic mass is 10.1. The minimum absolute atomic E-state index is 0.567. The van der Waals surface area contributed by atoms with Crippen LogP contribution in [0.25, 0.3) is 0 Å². The van der Waals surface area contributed by atoms with E-state index in [1.807, 2.05) is 14.0 Å². The van der Waals surface area contributed by atoms with Crippen molar-refractivity contribution in [3.05, 3.63) is 15.6 Å². The third-order valence-corrected chi connectivity index (χ3v) is 5.06. The maximum Gasteiger partial charge on any atom is 0.193 e. The lowest BCUT2D eigenvalue weighted by molar-refractivity contribution is 0.0536. The van der Waals surface area contributed by atoms with Crippen LogP contribution < -0.4 is 5.32 Å². The highest BCUT2D eigenvalue weighted by Gasteiger charge is 2.25. The predicted octanol–water partition coefficient (Wildman–Crippen LogP) is 1.82. The SMILES string of the molecule is CN=C(NCc1sc(C)nc1C)N1CCC(COCCOC)C1. The van der Waals surface area contributed by atoms with E-state index in [9.17, 15) is 0 Å². The number of likely N-dealkylation sites (tertiary alicyclic amines) is 1. The average Bonchev–Trinajstić information content (AvgIpc) is 3.11. The van der Waals surface area contributed by atoms with Crippen LogP contribution in [0.2, 0.25) is 0 Å². The normalized spacial score (nSPS) is 18.7. The molecule has 0 saturated carbocycles. The van der Waals surface area contributed by atoms with Crippen molar-refractivity contribution in [3.63, 3.8) is 0 Å². The number of aromatic nitrogens is 1. The molecule has 2 rings (SSSR count). The summed E-state index contributed by atoms with van der Waals surface area (Å²) in [4.78, 5) is 12.5. The van der Waals surface area contributed by atoms with Crippen LogP contribution >= 0.6 is 11.3 Å². The number of nitrogens with one attached hydrogen (secondary N) is 1. The highest BCUT2D eigenvalue weighted by Crippen LogP contribution is 2.19. The van der Waals surface area contributed by atoms with E-state index < -0.39 is 0 Å². The van der Waals surface area contributed by atoms with Crippen molar-refractivity contribution < 1.29 is 9.47 Å². The molecular weight excluding hydrogens is 312 g/mol.